The molecule has 2 atom stereocenters. The summed E-state index contributed by atoms with van der Waals surface area (Å²) in [6.45, 7) is 5.49. The van der Waals surface area contributed by atoms with Gasteiger partial charge in [-0.1, -0.05) is 30.1 Å². The summed E-state index contributed by atoms with van der Waals surface area (Å²) in [6.07, 6.45) is 2.45. The van der Waals surface area contributed by atoms with E-state index in [1.54, 1.807) is 6.07 Å². The van der Waals surface area contributed by atoms with Crippen LogP contribution in [0.3, 0.4) is 0 Å². The van der Waals surface area contributed by atoms with Crippen molar-refractivity contribution in [3.8, 4) is 0 Å². The lowest BCUT2D eigenvalue weighted by Gasteiger charge is -2.39. The van der Waals surface area contributed by atoms with Gasteiger partial charge in [-0.25, -0.2) is 0 Å². The average Bonchev–Trinajstić information content (AvgIpc) is 2.26. The van der Waals surface area contributed by atoms with Crippen LogP contribution in [0.2, 0.25) is 10.3 Å². The fourth-order valence-corrected chi connectivity index (χ4v) is 2.56. The van der Waals surface area contributed by atoms with E-state index in [2.05, 4.69) is 28.9 Å². The molecule has 1 aliphatic heterocycles. The predicted molar refractivity (Wildman–Crippen MR) is 67.3 cm³/mol. The van der Waals surface area contributed by atoms with Crippen LogP contribution in [0, 0.1) is 5.92 Å². The van der Waals surface area contributed by atoms with Gasteiger partial charge in [-0.2, -0.15) is 0 Å². The first-order valence-corrected chi connectivity index (χ1v) is 6.30. The lowest BCUT2D eigenvalue weighted by molar-refractivity contribution is 0.363. The summed E-state index contributed by atoms with van der Waals surface area (Å²) in [7, 11) is 0. The van der Waals surface area contributed by atoms with Crippen LogP contribution >= 0.6 is 23.2 Å². The van der Waals surface area contributed by atoms with E-state index in [-0.39, 0.29) is 0 Å². The van der Waals surface area contributed by atoms with Gasteiger partial charge in [0, 0.05) is 18.7 Å². The van der Waals surface area contributed by atoms with E-state index in [1.807, 2.05) is 0 Å². The molecule has 0 saturated carbocycles. The molecule has 1 saturated heterocycles. The molecule has 2 unspecified atom stereocenters. The maximum absolute atomic E-state index is 6.07. The van der Waals surface area contributed by atoms with Crippen molar-refractivity contribution in [2.45, 2.75) is 32.7 Å². The molecule has 16 heavy (non-hydrogen) atoms. The highest BCUT2D eigenvalue weighted by Crippen LogP contribution is 2.32. The van der Waals surface area contributed by atoms with Crippen LogP contribution in [0.4, 0.5) is 5.69 Å². The molecule has 0 radical (unpaired) electrons. The van der Waals surface area contributed by atoms with Gasteiger partial charge >= 0.3 is 0 Å². The van der Waals surface area contributed by atoms with Crippen LogP contribution in [-0.4, -0.2) is 22.8 Å². The number of piperidine rings is 1. The Hall–Kier alpha value is -0.540. The fraction of sp³-hybridized carbons (Fsp3) is 0.636. The van der Waals surface area contributed by atoms with Crippen LogP contribution in [-0.2, 0) is 0 Å². The van der Waals surface area contributed by atoms with E-state index in [9.17, 15) is 0 Å². The van der Waals surface area contributed by atoms with Gasteiger partial charge in [-0.05, 0) is 25.7 Å². The molecule has 2 heterocycles. The summed E-state index contributed by atoms with van der Waals surface area (Å²) in [5.74, 6) is 0.664. The summed E-state index contributed by atoms with van der Waals surface area (Å²) in [4.78, 5) is 2.27. The number of hydrogen-bond donors (Lipinski definition) is 0. The van der Waals surface area contributed by atoms with Gasteiger partial charge in [0.2, 0.25) is 0 Å². The Labute approximate surface area is 106 Å². The maximum atomic E-state index is 6.07. The van der Waals surface area contributed by atoms with Gasteiger partial charge in [-0.3, -0.25) is 0 Å². The molecule has 0 N–H and O–H groups in total. The Morgan fingerprint density at radius 3 is 2.81 bits per heavy atom. The van der Waals surface area contributed by atoms with E-state index < -0.39 is 0 Å². The summed E-state index contributed by atoms with van der Waals surface area (Å²) in [5.41, 5.74) is 0.903. The summed E-state index contributed by atoms with van der Waals surface area (Å²) in [6, 6.07) is 2.26. The normalized spacial score (nSPS) is 25.9. The molecule has 0 aliphatic carbocycles. The minimum absolute atomic E-state index is 0.393. The average molecular weight is 260 g/mol. The highest BCUT2D eigenvalue weighted by atomic mass is 35.5. The largest absolute Gasteiger partial charge is 0.366 e. The minimum Gasteiger partial charge on any atom is -0.366 e. The van der Waals surface area contributed by atoms with Crippen molar-refractivity contribution in [1.29, 1.82) is 0 Å². The molecule has 1 aliphatic rings. The van der Waals surface area contributed by atoms with Crippen LogP contribution in [0.15, 0.2) is 6.07 Å². The Morgan fingerprint density at radius 1 is 1.31 bits per heavy atom. The molecule has 1 aromatic rings. The number of anilines is 1. The Morgan fingerprint density at radius 2 is 2.06 bits per heavy atom. The van der Waals surface area contributed by atoms with Crippen LogP contribution < -0.4 is 4.90 Å². The van der Waals surface area contributed by atoms with Crippen molar-refractivity contribution in [2.24, 2.45) is 5.92 Å². The maximum Gasteiger partial charge on any atom is 0.175 e. The molecule has 3 nitrogen and oxygen atoms in total. The lowest BCUT2D eigenvalue weighted by atomic mass is 9.92. The summed E-state index contributed by atoms with van der Waals surface area (Å²) in [5, 5.41) is 8.42. The van der Waals surface area contributed by atoms with Crippen LogP contribution in [0.1, 0.15) is 26.7 Å². The number of hydrogen-bond acceptors (Lipinski definition) is 3. The summed E-state index contributed by atoms with van der Waals surface area (Å²) < 4.78 is 0. The van der Waals surface area contributed by atoms with E-state index in [1.165, 1.54) is 12.8 Å². The zero-order chi connectivity index (χ0) is 11.7. The van der Waals surface area contributed by atoms with Crippen LogP contribution in [0.25, 0.3) is 0 Å². The second kappa shape index (κ2) is 4.76. The van der Waals surface area contributed by atoms with Gasteiger partial charge in [0.15, 0.2) is 10.3 Å². The monoisotopic (exact) mass is 259 g/mol. The molecule has 0 amide bonds. The van der Waals surface area contributed by atoms with E-state index in [0.717, 1.165) is 12.2 Å². The molecule has 0 aromatic carbocycles. The second-order valence-electron chi connectivity index (χ2n) is 4.40. The van der Waals surface area contributed by atoms with Crippen molar-refractivity contribution in [2.75, 3.05) is 11.4 Å². The van der Waals surface area contributed by atoms with Crippen molar-refractivity contribution in [1.82, 2.24) is 10.2 Å². The van der Waals surface area contributed by atoms with Gasteiger partial charge in [0.05, 0.1) is 5.69 Å². The molecule has 0 spiro atoms. The van der Waals surface area contributed by atoms with Crippen molar-refractivity contribution in [3.05, 3.63) is 16.4 Å². The van der Waals surface area contributed by atoms with Crippen molar-refractivity contribution in [3.63, 3.8) is 0 Å². The molecule has 1 aromatic heterocycles. The molecule has 0 bridgehead atoms. The van der Waals surface area contributed by atoms with Gasteiger partial charge < -0.3 is 4.90 Å². The first-order valence-electron chi connectivity index (χ1n) is 5.55. The Bertz CT molecular complexity index is 383. The molecular formula is C11H15Cl2N3. The van der Waals surface area contributed by atoms with E-state index in [0.29, 0.717) is 22.3 Å². The molecule has 5 heteroatoms. The standard InChI is InChI=1S/C11H15Cl2N3/c1-7-4-3-5-16(8(7)2)9-6-10(12)14-15-11(9)13/h6-8H,3-5H2,1-2H3. The van der Waals surface area contributed by atoms with E-state index >= 15 is 0 Å². The first kappa shape index (κ1) is 11.9. The fourth-order valence-electron chi connectivity index (χ4n) is 2.22. The second-order valence-corrected chi connectivity index (χ2v) is 5.14. The number of halogens is 2. The van der Waals surface area contributed by atoms with Crippen LogP contribution in [0.5, 0.6) is 0 Å². The topological polar surface area (TPSA) is 29.0 Å². The number of rotatable bonds is 1. The molecule has 2 rings (SSSR count). The minimum atomic E-state index is 0.393. The number of aromatic nitrogens is 2. The number of nitrogens with zero attached hydrogens (tertiary/aromatic N) is 3. The first-order chi connectivity index (χ1) is 7.59. The smallest absolute Gasteiger partial charge is 0.175 e. The van der Waals surface area contributed by atoms with E-state index in [4.69, 9.17) is 23.2 Å². The lowest BCUT2D eigenvalue weighted by Crippen LogP contribution is -2.42. The third-order valence-corrected chi connectivity index (χ3v) is 3.84. The molecular weight excluding hydrogens is 245 g/mol. The Kier molecular flexibility index (Phi) is 3.55. The Balaban J connectivity index is 2.31. The SMILES string of the molecule is CC1CCCN(c2cc(Cl)nnc2Cl)C1C. The van der Waals surface area contributed by atoms with Crippen molar-refractivity contribution < 1.29 is 0 Å². The van der Waals surface area contributed by atoms with Gasteiger partial charge in [0.25, 0.3) is 0 Å². The van der Waals surface area contributed by atoms with Crippen molar-refractivity contribution >= 4 is 28.9 Å². The summed E-state index contributed by atoms with van der Waals surface area (Å²) >= 11 is 11.9. The highest BCUT2D eigenvalue weighted by Gasteiger charge is 2.26. The van der Waals surface area contributed by atoms with Gasteiger partial charge in [0.1, 0.15) is 0 Å². The third kappa shape index (κ3) is 2.25. The zero-order valence-corrected chi connectivity index (χ0v) is 11.0. The molecule has 1 fully saturated rings. The highest BCUT2D eigenvalue weighted by molar-refractivity contribution is 6.33. The predicted octanol–water partition coefficient (Wildman–Crippen LogP) is 3.41. The molecule has 88 valence electrons. The third-order valence-electron chi connectivity index (χ3n) is 3.38. The van der Waals surface area contributed by atoms with Gasteiger partial charge in [-0.15, -0.1) is 10.2 Å². The quantitative estimate of drug-likeness (QED) is 0.774. The zero-order valence-electron chi connectivity index (χ0n) is 9.45.